The second-order valence-corrected chi connectivity index (χ2v) is 6.32. The molecule has 2 aromatic carbocycles. The van der Waals surface area contributed by atoms with Crippen molar-refractivity contribution < 1.29 is 14.5 Å². The minimum atomic E-state index is -0.661. The molecule has 2 N–H and O–H groups in total. The summed E-state index contributed by atoms with van der Waals surface area (Å²) in [7, 11) is 0. The number of hydrogen-bond donors (Lipinski definition) is 2. The molecule has 3 aromatic rings. The number of nitro benzene ring substituents is 1. The first kappa shape index (κ1) is 19.7. The number of carbonyl (C=O) groups excluding carboxylic acids is 2. The van der Waals surface area contributed by atoms with E-state index in [0.29, 0.717) is 17.7 Å². The average Bonchev–Trinajstić information content (AvgIpc) is 3.16. The first-order chi connectivity index (χ1) is 13.9. The molecule has 148 valence electrons. The summed E-state index contributed by atoms with van der Waals surface area (Å²) in [5.74, 6) is -1.19. The molecule has 0 atom stereocenters. The van der Waals surface area contributed by atoms with Gasteiger partial charge in [0.05, 0.1) is 28.1 Å². The summed E-state index contributed by atoms with van der Waals surface area (Å²) in [6.45, 7) is 3.89. The van der Waals surface area contributed by atoms with Crippen LogP contribution in [0.15, 0.2) is 54.7 Å². The van der Waals surface area contributed by atoms with Crippen molar-refractivity contribution in [3.05, 3.63) is 87.2 Å². The zero-order valence-electron chi connectivity index (χ0n) is 15.9. The van der Waals surface area contributed by atoms with E-state index in [1.54, 1.807) is 4.68 Å². The molecule has 0 saturated carbocycles. The van der Waals surface area contributed by atoms with Crippen LogP contribution in [0, 0.1) is 17.0 Å². The Bertz CT molecular complexity index is 1070. The minimum Gasteiger partial charge on any atom is -0.267 e. The Morgan fingerprint density at radius 1 is 1.10 bits per heavy atom. The lowest BCUT2D eigenvalue weighted by Gasteiger charge is -2.10. The van der Waals surface area contributed by atoms with Gasteiger partial charge in [-0.3, -0.25) is 30.6 Å². The van der Waals surface area contributed by atoms with Gasteiger partial charge >= 0.3 is 0 Å². The Balaban J connectivity index is 1.74. The lowest BCUT2D eigenvalue weighted by Crippen LogP contribution is -2.41. The van der Waals surface area contributed by atoms with Crippen LogP contribution in [0.4, 0.5) is 5.69 Å². The van der Waals surface area contributed by atoms with E-state index in [9.17, 15) is 19.7 Å². The Hall–Kier alpha value is -4.01. The Labute approximate surface area is 166 Å². The normalized spacial score (nSPS) is 10.4. The molecule has 9 heteroatoms. The summed E-state index contributed by atoms with van der Waals surface area (Å²) in [6.07, 6.45) is 1.99. The third-order valence-electron chi connectivity index (χ3n) is 4.34. The van der Waals surface area contributed by atoms with E-state index in [4.69, 9.17) is 0 Å². The fourth-order valence-electron chi connectivity index (χ4n) is 2.83. The van der Waals surface area contributed by atoms with Crippen LogP contribution in [-0.4, -0.2) is 26.5 Å². The van der Waals surface area contributed by atoms with Crippen molar-refractivity contribution in [3.63, 3.8) is 0 Å². The van der Waals surface area contributed by atoms with Crippen LogP contribution in [-0.2, 0) is 6.42 Å². The molecule has 3 rings (SSSR count). The molecule has 0 fully saturated rings. The van der Waals surface area contributed by atoms with Crippen molar-refractivity contribution in [2.24, 2.45) is 0 Å². The highest BCUT2D eigenvalue weighted by atomic mass is 16.6. The molecule has 0 unspecified atom stereocenters. The lowest BCUT2D eigenvalue weighted by molar-refractivity contribution is -0.384. The summed E-state index contributed by atoms with van der Waals surface area (Å²) in [4.78, 5) is 35.0. The van der Waals surface area contributed by atoms with Crippen LogP contribution in [0.2, 0.25) is 0 Å². The van der Waals surface area contributed by atoms with Crippen LogP contribution in [0.25, 0.3) is 5.69 Å². The SMILES string of the molecule is CCc1c(C(=O)NNC(=O)c2cccc([N+](=O)[O-])c2)cnn1-c1ccc(C)cc1. The monoisotopic (exact) mass is 393 g/mol. The number of nitrogens with zero attached hydrogens (tertiary/aromatic N) is 3. The van der Waals surface area contributed by atoms with Gasteiger partial charge < -0.3 is 0 Å². The maximum absolute atomic E-state index is 12.5. The van der Waals surface area contributed by atoms with Gasteiger partial charge in [0.2, 0.25) is 0 Å². The maximum Gasteiger partial charge on any atom is 0.273 e. The van der Waals surface area contributed by atoms with Crippen LogP contribution >= 0.6 is 0 Å². The molecule has 0 aliphatic heterocycles. The van der Waals surface area contributed by atoms with Crippen molar-refractivity contribution in [2.45, 2.75) is 20.3 Å². The molecule has 0 spiro atoms. The van der Waals surface area contributed by atoms with Crippen molar-refractivity contribution in [2.75, 3.05) is 0 Å². The quantitative estimate of drug-likeness (QED) is 0.510. The number of carbonyl (C=O) groups is 2. The Morgan fingerprint density at radius 2 is 1.79 bits per heavy atom. The Kier molecular flexibility index (Phi) is 5.68. The number of aromatic nitrogens is 2. The first-order valence-electron chi connectivity index (χ1n) is 8.89. The maximum atomic E-state index is 12.5. The van der Waals surface area contributed by atoms with E-state index >= 15 is 0 Å². The predicted molar refractivity (Wildman–Crippen MR) is 106 cm³/mol. The highest BCUT2D eigenvalue weighted by Crippen LogP contribution is 2.17. The molecule has 1 aromatic heterocycles. The van der Waals surface area contributed by atoms with E-state index in [1.165, 1.54) is 24.4 Å². The van der Waals surface area contributed by atoms with E-state index in [1.807, 2.05) is 38.1 Å². The van der Waals surface area contributed by atoms with Gasteiger partial charge in [0.25, 0.3) is 17.5 Å². The molecule has 2 amide bonds. The number of amides is 2. The standard InChI is InChI=1S/C20H19N5O4/c1-3-18-17(12-21-24(18)15-9-7-13(2)8-10-15)20(27)23-22-19(26)14-5-4-6-16(11-14)25(28)29/h4-12H,3H2,1-2H3,(H,22,26)(H,23,27). The van der Waals surface area contributed by atoms with Gasteiger partial charge in [-0.15, -0.1) is 0 Å². The molecule has 0 aliphatic rings. The van der Waals surface area contributed by atoms with Crippen LogP contribution in [0.1, 0.15) is 38.9 Å². The Morgan fingerprint density at radius 3 is 2.45 bits per heavy atom. The van der Waals surface area contributed by atoms with Crippen LogP contribution < -0.4 is 10.9 Å². The van der Waals surface area contributed by atoms with Gasteiger partial charge in [-0.2, -0.15) is 5.10 Å². The number of rotatable bonds is 5. The molecule has 1 heterocycles. The third-order valence-corrected chi connectivity index (χ3v) is 4.34. The van der Waals surface area contributed by atoms with E-state index in [2.05, 4.69) is 16.0 Å². The summed E-state index contributed by atoms with van der Waals surface area (Å²) >= 11 is 0. The minimum absolute atomic E-state index is 0.0607. The van der Waals surface area contributed by atoms with Crippen molar-refractivity contribution >= 4 is 17.5 Å². The summed E-state index contributed by atoms with van der Waals surface area (Å²) < 4.78 is 1.68. The third kappa shape index (κ3) is 4.29. The lowest BCUT2D eigenvalue weighted by atomic mass is 10.2. The van der Waals surface area contributed by atoms with Gasteiger partial charge in [0.15, 0.2) is 0 Å². The molecule has 0 radical (unpaired) electrons. The topological polar surface area (TPSA) is 119 Å². The molecule has 0 aliphatic carbocycles. The second kappa shape index (κ2) is 8.34. The number of non-ortho nitro benzene ring substituents is 1. The number of hydrogen-bond acceptors (Lipinski definition) is 5. The highest BCUT2D eigenvalue weighted by Gasteiger charge is 2.18. The molecule has 29 heavy (non-hydrogen) atoms. The van der Waals surface area contributed by atoms with Gasteiger partial charge in [-0.1, -0.05) is 30.7 Å². The fraction of sp³-hybridized carbons (Fsp3) is 0.150. The average molecular weight is 393 g/mol. The van der Waals surface area contributed by atoms with E-state index in [0.717, 1.165) is 17.3 Å². The number of benzene rings is 2. The summed E-state index contributed by atoms with van der Waals surface area (Å²) in [6, 6.07) is 13.0. The highest BCUT2D eigenvalue weighted by molar-refractivity contribution is 5.99. The second-order valence-electron chi connectivity index (χ2n) is 6.32. The van der Waals surface area contributed by atoms with E-state index < -0.39 is 16.7 Å². The number of nitrogens with one attached hydrogen (secondary N) is 2. The van der Waals surface area contributed by atoms with Crippen molar-refractivity contribution in [1.29, 1.82) is 0 Å². The van der Waals surface area contributed by atoms with Crippen LogP contribution in [0.3, 0.4) is 0 Å². The fourth-order valence-corrected chi connectivity index (χ4v) is 2.83. The van der Waals surface area contributed by atoms with E-state index in [-0.39, 0.29) is 11.3 Å². The predicted octanol–water partition coefficient (Wildman–Crippen LogP) is 2.73. The molecular weight excluding hydrogens is 374 g/mol. The van der Waals surface area contributed by atoms with Gasteiger partial charge in [0.1, 0.15) is 0 Å². The largest absolute Gasteiger partial charge is 0.273 e. The van der Waals surface area contributed by atoms with Crippen molar-refractivity contribution in [1.82, 2.24) is 20.6 Å². The smallest absolute Gasteiger partial charge is 0.267 e. The summed E-state index contributed by atoms with van der Waals surface area (Å²) in [5.41, 5.74) is 7.41. The zero-order valence-corrected chi connectivity index (χ0v) is 15.9. The summed E-state index contributed by atoms with van der Waals surface area (Å²) in [5, 5.41) is 15.1. The molecular formula is C20H19N5O4. The van der Waals surface area contributed by atoms with Crippen LogP contribution in [0.5, 0.6) is 0 Å². The van der Waals surface area contributed by atoms with Crippen molar-refractivity contribution in [3.8, 4) is 5.69 Å². The van der Waals surface area contributed by atoms with Gasteiger partial charge in [-0.05, 0) is 31.5 Å². The van der Waals surface area contributed by atoms with Gasteiger partial charge in [-0.25, -0.2) is 4.68 Å². The number of hydrazine groups is 1. The first-order valence-corrected chi connectivity index (χ1v) is 8.89. The number of aryl methyl sites for hydroxylation is 1. The number of nitro groups is 1. The molecule has 9 nitrogen and oxygen atoms in total. The zero-order chi connectivity index (χ0) is 21.0. The molecule has 0 saturated heterocycles. The molecule has 0 bridgehead atoms. The van der Waals surface area contributed by atoms with Gasteiger partial charge in [0, 0.05) is 17.7 Å².